The zero-order valence-corrected chi connectivity index (χ0v) is 20.8. The van der Waals surface area contributed by atoms with Crippen LogP contribution in [-0.2, 0) is 26.5 Å². The van der Waals surface area contributed by atoms with Crippen molar-refractivity contribution in [1.29, 1.82) is 0 Å². The van der Waals surface area contributed by atoms with Crippen molar-refractivity contribution < 1.29 is 9.84 Å². The lowest BCUT2D eigenvalue weighted by Crippen LogP contribution is -2.11. The molecule has 1 aromatic carbocycles. The number of halogens is 1. The van der Waals surface area contributed by atoms with E-state index in [0.29, 0.717) is 13.0 Å². The molecule has 0 aliphatic rings. The molecular formula is C24H28IN5O2. The number of nitrogens with zero attached hydrogens (tertiary/aromatic N) is 4. The van der Waals surface area contributed by atoms with Crippen LogP contribution >= 0.6 is 22.6 Å². The minimum Gasteiger partial charge on any atom is -0.493 e. The van der Waals surface area contributed by atoms with Gasteiger partial charge in [0.2, 0.25) is 0 Å². The third-order valence-corrected chi connectivity index (χ3v) is 6.44. The number of rotatable bonds is 9. The summed E-state index contributed by atoms with van der Waals surface area (Å²) < 4.78 is 11.4. The van der Waals surface area contributed by atoms with E-state index in [4.69, 9.17) is 4.74 Å². The number of ether oxygens (including phenoxy) is 1. The first kappa shape index (κ1) is 22.8. The quantitative estimate of drug-likeness (QED) is 0.315. The summed E-state index contributed by atoms with van der Waals surface area (Å²) in [5, 5.41) is 17.2. The number of aryl methyl sites for hydroxylation is 1. The fourth-order valence-corrected chi connectivity index (χ4v) is 4.38. The Hall–Kier alpha value is -2.43. The minimum atomic E-state index is -0.0632. The van der Waals surface area contributed by atoms with Gasteiger partial charge in [0.25, 0.3) is 0 Å². The molecule has 8 heteroatoms. The first-order valence-electron chi connectivity index (χ1n) is 10.7. The SMILES string of the molecule is CNCCc1cnc2ccc(-c3ccc(I)cc3OCCc3c(CO)nn(C)c3C)cn12. The van der Waals surface area contributed by atoms with E-state index in [1.807, 2.05) is 38.0 Å². The zero-order valence-electron chi connectivity index (χ0n) is 18.6. The molecular weight excluding hydrogens is 517 g/mol. The maximum Gasteiger partial charge on any atom is 0.136 e. The van der Waals surface area contributed by atoms with E-state index in [9.17, 15) is 5.11 Å². The molecule has 0 atom stereocenters. The number of hydrogen-bond acceptors (Lipinski definition) is 5. The maximum absolute atomic E-state index is 9.62. The number of aliphatic hydroxyl groups excluding tert-OH is 1. The van der Waals surface area contributed by atoms with Gasteiger partial charge in [0, 0.05) is 70.5 Å². The second kappa shape index (κ2) is 10.0. The molecule has 0 unspecified atom stereocenters. The van der Waals surface area contributed by atoms with Crippen LogP contribution in [0.5, 0.6) is 5.75 Å². The average Bonchev–Trinajstić information content (AvgIpc) is 3.32. The summed E-state index contributed by atoms with van der Waals surface area (Å²) in [5.41, 5.74) is 7.07. The number of pyridine rings is 1. The summed E-state index contributed by atoms with van der Waals surface area (Å²) in [6, 6.07) is 10.4. The smallest absolute Gasteiger partial charge is 0.136 e. The summed E-state index contributed by atoms with van der Waals surface area (Å²) in [6.07, 6.45) is 5.68. The highest BCUT2D eigenvalue weighted by molar-refractivity contribution is 14.1. The van der Waals surface area contributed by atoms with Crippen LogP contribution < -0.4 is 10.1 Å². The van der Waals surface area contributed by atoms with Gasteiger partial charge in [-0.05, 0) is 66.9 Å². The van der Waals surface area contributed by atoms with E-state index in [1.54, 1.807) is 0 Å². The molecule has 4 aromatic rings. The number of nitrogens with one attached hydrogen (secondary N) is 1. The molecule has 32 heavy (non-hydrogen) atoms. The number of fused-ring (bicyclic) bond motifs is 1. The fourth-order valence-electron chi connectivity index (χ4n) is 3.92. The molecule has 0 amide bonds. The largest absolute Gasteiger partial charge is 0.493 e. The van der Waals surface area contributed by atoms with Crippen molar-refractivity contribution in [3.8, 4) is 16.9 Å². The summed E-state index contributed by atoms with van der Waals surface area (Å²) in [4.78, 5) is 4.53. The molecule has 0 spiro atoms. The van der Waals surface area contributed by atoms with Gasteiger partial charge in [-0.3, -0.25) is 4.68 Å². The van der Waals surface area contributed by atoms with Crippen molar-refractivity contribution in [1.82, 2.24) is 24.5 Å². The van der Waals surface area contributed by atoms with Gasteiger partial charge in [0.1, 0.15) is 11.4 Å². The van der Waals surface area contributed by atoms with Gasteiger partial charge in [0.05, 0.1) is 18.9 Å². The van der Waals surface area contributed by atoms with Crippen LogP contribution in [-0.4, -0.2) is 44.5 Å². The number of aromatic nitrogens is 4. The van der Waals surface area contributed by atoms with Gasteiger partial charge in [-0.15, -0.1) is 0 Å². The van der Waals surface area contributed by atoms with Crippen LogP contribution in [0.3, 0.4) is 0 Å². The highest BCUT2D eigenvalue weighted by Gasteiger charge is 2.14. The Kier molecular flexibility index (Phi) is 7.12. The van der Waals surface area contributed by atoms with Crippen LogP contribution in [0.4, 0.5) is 0 Å². The average molecular weight is 545 g/mol. The molecule has 0 saturated heterocycles. The third-order valence-electron chi connectivity index (χ3n) is 5.77. The van der Waals surface area contributed by atoms with E-state index in [-0.39, 0.29) is 6.61 Å². The number of hydrogen-bond donors (Lipinski definition) is 2. The topological polar surface area (TPSA) is 76.6 Å². The van der Waals surface area contributed by atoms with Gasteiger partial charge in [-0.2, -0.15) is 5.10 Å². The summed E-state index contributed by atoms with van der Waals surface area (Å²) in [5.74, 6) is 0.847. The van der Waals surface area contributed by atoms with Crippen LogP contribution in [0.25, 0.3) is 16.8 Å². The van der Waals surface area contributed by atoms with Crippen molar-refractivity contribution >= 4 is 28.2 Å². The second-order valence-electron chi connectivity index (χ2n) is 7.78. The summed E-state index contributed by atoms with van der Waals surface area (Å²) in [7, 11) is 3.86. The Bertz CT molecular complexity index is 1230. The van der Waals surface area contributed by atoms with E-state index < -0.39 is 0 Å². The number of imidazole rings is 1. The Balaban J connectivity index is 1.60. The van der Waals surface area contributed by atoms with E-state index in [0.717, 1.165) is 56.0 Å². The Labute approximate surface area is 201 Å². The lowest BCUT2D eigenvalue weighted by atomic mass is 10.1. The van der Waals surface area contributed by atoms with Crippen LogP contribution in [0, 0.1) is 10.5 Å². The molecule has 0 aliphatic heterocycles. The molecule has 0 bridgehead atoms. The monoisotopic (exact) mass is 545 g/mol. The molecule has 0 fully saturated rings. The van der Waals surface area contributed by atoms with Crippen molar-refractivity contribution in [2.45, 2.75) is 26.4 Å². The first-order valence-corrected chi connectivity index (χ1v) is 11.7. The molecule has 3 heterocycles. The van der Waals surface area contributed by atoms with Gasteiger partial charge in [-0.1, -0.05) is 0 Å². The van der Waals surface area contributed by atoms with Crippen LogP contribution in [0.15, 0.2) is 42.7 Å². The van der Waals surface area contributed by atoms with Gasteiger partial charge >= 0.3 is 0 Å². The fraction of sp³-hybridized carbons (Fsp3) is 0.333. The molecule has 7 nitrogen and oxygen atoms in total. The van der Waals surface area contributed by atoms with Crippen molar-refractivity contribution in [3.63, 3.8) is 0 Å². The number of aliphatic hydroxyl groups is 1. The molecule has 0 radical (unpaired) electrons. The van der Waals surface area contributed by atoms with Gasteiger partial charge < -0.3 is 19.6 Å². The van der Waals surface area contributed by atoms with Crippen molar-refractivity contribution in [2.75, 3.05) is 20.2 Å². The zero-order chi connectivity index (χ0) is 22.7. The van der Waals surface area contributed by atoms with Crippen LogP contribution in [0.2, 0.25) is 0 Å². The van der Waals surface area contributed by atoms with Gasteiger partial charge in [-0.25, -0.2) is 4.98 Å². The lowest BCUT2D eigenvalue weighted by molar-refractivity contribution is 0.272. The predicted molar refractivity (Wildman–Crippen MR) is 134 cm³/mol. The number of benzene rings is 1. The second-order valence-corrected chi connectivity index (χ2v) is 9.03. The maximum atomic E-state index is 9.62. The lowest BCUT2D eigenvalue weighted by Gasteiger charge is -2.13. The molecule has 0 aliphatic carbocycles. The molecule has 168 valence electrons. The predicted octanol–water partition coefficient (Wildman–Crippen LogP) is 3.52. The standard InChI is InChI=1S/C24H28IN5O2/c1-16-20(22(15-31)28-29(16)3)9-11-32-23-12-18(25)5-6-21(23)17-4-7-24-27-13-19(8-10-26-2)30(24)14-17/h4-7,12-14,26,31H,8-11,15H2,1-3H3. The number of likely N-dealkylation sites (N-methyl/N-ethyl adjacent to an activating group) is 1. The highest BCUT2D eigenvalue weighted by atomic mass is 127. The summed E-state index contributed by atoms with van der Waals surface area (Å²) >= 11 is 2.31. The third kappa shape index (κ3) is 4.67. The first-order chi connectivity index (χ1) is 15.5. The molecule has 4 rings (SSSR count). The van der Waals surface area contributed by atoms with Gasteiger partial charge in [0.15, 0.2) is 0 Å². The Morgan fingerprint density at radius 1 is 1.19 bits per heavy atom. The molecule has 0 saturated carbocycles. The minimum absolute atomic E-state index is 0.0632. The van der Waals surface area contributed by atoms with E-state index in [1.165, 1.54) is 5.69 Å². The molecule has 2 N–H and O–H groups in total. The van der Waals surface area contributed by atoms with Crippen molar-refractivity contribution in [3.05, 3.63) is 68.9 Å². The Morgan fingerprint density at radius 2 is 2.03 bits per heavy atom. The molecule has 3 aromatic heterocycles. The van der Waals surface area contributed by atoms with E-state index >= 15 is 0 Å². The highest BCUT2D eigenvalue weighted by Crippen LogP contribution is 2.32. The van der Waals surface area contributed by atoms with E-state index in [2.05, 4.69) is 72.9 Å². The Morgan fingerprint density at radius 3 is 2.81 bits per heavy atom. The van der Waals surface area contributed by atoms with Crippen LogP contribution in [0.1, 0.15) is 22.6 Å². The normalized spacial score (nSPS) is 11.4. The van der Waals surface area contributed by atoms with Crippen molar-refractivity contribution in [2.24, 2.45) is 7.05 Å². The summed E-state index contributed by atoms with van der Waals surface area (Å²) in [6.45, 7) is 3.36.